The molecule has 1 aromatic carbocycles. The third-order valence-corrected chi connectivity index (χ3v) is 1.64. The summed E-state index contributed by atoms with van der Waals surface area (Å²) in [7, 11) is 0. The van der Waals surface area contributed by atoms with Crippen LogP contribution in [0.25, 0.3) is 0 Å². The molecule has 1 heterocycles. The van der Waals surface area contributed by atoms with Gasteiger partial charge in [-0.1, -0.05) is 0 Å². The van der Waals surface area contributed by atoms with Crippen LogP contribution in [0.5, 0.6) is 11.5 Å². The number of isocyanates is 1. The van der Waals surface area contributed by atoms with Crippen LogP contribution in [0.4, 0.5) is 18.9 Å². The summed E-state index contributed by atoms with van der Waals surface area (Å²) >= 11 is 0. The zero-order valence-electron chi connectivity index (χ0n) is 6.96. The molecule has 4 nitrogen and oxygen atoms in total. The Morgan fingerprint density at radius 1 is 1.27 bits per heavy atom. The monoisotopic (exact) mass is 217 g/mol. The van der Waals surface area contributed by atoms with E-state index in [1.54, 1.807) is 0 Å². The number of benzene rings is 1. The highest BCUT2D eigenvalue weighted by molar-refractivity contribution is 5.57. The first-order chi connectivity index (χ1) is 7.02. The van der Waals surface area contributed by atoms with Gasteiger partial charge in [0.15, 0.2) is 17.3 Å². The number of rotatable bonds is 1. The average Bonchev–Trinajstić information content (AvgIpc) is 2.39. The highest BCUT2D eigenvalue weighted by atomic mass is 19.3. The Morgan fingerprint density at radius 2 is 1.87 bits per heavy atom. The number of halogens is 3. The second kappa shape index (κ2) is 2.99. The Morgan fingerprint density at radius 3 is 2.47 bits per heavy atom. The number of hydrogen-bond donors (Lipinski definition) is 0. The van der Waals surface area contributed by atoms with E-state index in [2.05, 4.69) is 14.5 Å². The molecule has 1 aliphatic rings. The van der Waals surface area contributed by atoms with Crippen molar-refractivity contribution in [2.24, 2.45) is 4.99 Å². The molecule has 7 heteroatoms. The Balaban J connectivity index is 2.49. The molecule has 0 unspecified atom stereocenters. The molecule has 1 aromatic rings. The summed E-state index contributed by atoms with van der Waals surface area (Å²) in [6.07, 6.45) is -2.73. The maximum atomic E-state index is 13.0. The van der Waals surface area contributed by atoms with E-state index in [1.807, 2.05) is 0 Å². The fourth-order valence-electron chi connectivity index (χ4n) is 1.10. The molecule has 0 saturated carbocycles. The van der Waals surface area contributed by atoms with Crippen molar-refractivity contribution in [2.75, 3.05) is 0 Å². The van der Waals surface area contributed by atoms with E-state index in [-0.39, 0.29) is 5.75 Å². The highest BCUT2D eigenvalue weighted by Crippen LogP contribution is 2.43. The van der Waals surface area contributed by atoms with E-state index in [0.717, 1.165) is 12.1 Å². The van der Waals surface area contributed by atoms with Gasteiger partial charge in [0, 0.05) is 12.1 Å². The lowest BCUT2D eigenvalue weighted by atomic mass is 10.2. The Labute approximate surface area is 80.9 Å². The van der Waals surface area contributed by atoms with Crippen molar-refractivity contribution in [3.8, 4) is 11.5 Å². The minimum atomic E-state index is -3.82. The van der Waals surface area contributed by atoms with Crippen LogP contribution >= 0.6 is 0 Å². The van der Waals surface area contributed by atoms with Crippen molar-refractivity contribution in [1.82, 2.24) is 0 Å². The number of ether oxygens (including phenoxy) is 2. The Hall–Kier alpha value is -2.01. The van der Waals surface area contributed by atoms with Crippen LogP contribution in [0.1, 0.15) is 0 Å². The summed E-state index contributed by atoms with van der Waals surface area (Å²) in [5, 5.41) is 0. The SMILES string of the molecule is O=C=Nc1cc2c(cc1F)OC(F)(F)O2. The van der Waals surface area contributed by atoms with Crippen LogP contribution in [-0.4, -0.2) is 12.4 Å². The summed E-state index contributed by atoms with van der Waals surface area (Å²) in [6.45, 7) is 0. The van der Waals surface area contributed by atoms with E-state index in [1.165, 1.54) is 0 Å². The van der Waals surface area contributed by atoms with Gasteiger partial charge < -0.3 is 9.47 Å². The van der Waals surface area contributed by atoms with Gasteiger partial charge in [-0.2, -0.15) is 4.99 Å². The van der Waals surface area contributed by atoms with Gasteiger partial charge in [-0.05, 0) is 0 Å². The third-order valence-electron chi connectivity index (χ3n) is 1.64. The fraction of sp³-hybridized carbons (Fsp3) is 0.125. The molecule has 0 bridgehead atoms. The molecule has 78 valence electrons. The van der Waals surface area contributed by atoms with Gasteiger partial charge >= 0.3 is 6.29 Å². The number of hydrogen-bond acceptors (Lipinski definition) is 4. The predicted molar refractivity (Wildman–Crippen MR) is 40.4 cm³/mol. The molecule has 0 aliphatic carbocycles. The number of aliphatic imine (C=N–C) groups is 1. The van der Waals surface area contributed by atoms with Crippen LogP contribution in [-0.2, 0) is 4.79 Å². The Kier molecular flexibility index (Phi) is 1.90. The molecule has 0 saturated heterocycles. The van der Waals surface area contributed by atoms with Crippen molar-refractivity contribution < 1.29 is 27.4 Å². The second-order valence-corrected chi connectivity index (χ2v) is 2.62. The van der Waals surface area contributed by atoms with Gasteiger partial charge in [-0.15, -0.1) is 8.78 Å². The standard InChI is InChI=1S/C8H2F3NO3/c9-4-1-6-7(2-5(4)12-3-13)15-8(10,11)14-6/h1-2H. The number of fused-ring (bicyclic) bond motifs is 1. The van der Waals surface area contributed by atoms with Crippen LogP contribution in [0, 0.1) is 5.82 Å². The minimum Gasteiger partial charge on any atom is -0.395 e. The van der Waals surface area contributed by atoms with Crippen LogP contribution in [0.2, 0.25) is 0 Å². The van der Waals surface area contributed by atoms with E-state index >= 15 is 0 Å². The average molecular weight is 217 g/mol. The van der Waals surface area contributed by atoms with E-state index in [4.69, 9.17) is 0 Å². The molecule has 0 fully saturated rings. The van der Waals surface area contributed by atoms with Crippen molar-refractivity contribution in [2.45, 2.75) is 6.29 Å². The molecule has 0 radical (unpaired) electrons. The number of alkyl halides is 2. The molecular formula is C8H2F3NO3. The number of carbonyl (C=O) groups excluding carboxylic acids is 1. The molecule has 0 N–H and O–H groups in total. The first-order valence-electron chi connectivity index (χ1n) is 3.69. The molecule has 2 rings (SSSR count). The summed E-state index contributed by atoms with van der Waals surface area (Å²) in [6, 6.07) is 1.49. The molecule has 0 amide bonds. The molecular weight excluding hydrogens is 215 g/mol. The van der Waals surface area contributed by atoms with Gasteiger partial charge in [0.2, 0.25) is 6.08 Å². The number of nitrogens with zero attached hydrogens (tertiary/aromatic N) is 1. The summed E-state index contributed by atoms with van der Waals surface area (Å²) in [4.78, 5) is 12.8. The zero-order chi connectivity index (χ0) is 11.1. The quantitative estimate of drug-likeness (QED) is 0.534. The van der Waals surface area contributed by atoms with Crippen molar-refractivity contribution >= 4 is 11.8 Å². The van der Waals surface area contributed by atoms with Crippen LogP contribution in [0.15, 0.2) is 17.1 Å². The van der Waals surface area contributed by atoms with E-state index in [9.17, 15) is 18.0 Å². The molecule has 0 atom stereocenters. The second-order valence-electron chi connectivity index (χ2n) is 2.62. The lowest BCUT2D eigenvalue weighted by molar-refractivity contribution is -0.286. The van der Waals surface area contributed by atoms with Crippen molar-refractivity contribution in [1.29, 1.82) is 0 Å². The van der Waals surface area contributed by atoms with Gasteiger partial charge in [-0.25, -0.2) is 9.18 Å². The summed E-state index contributed by atoms with van der Waals surface area (Å²) < 4.78 is 46.1. The molecule has 0 aromatic heterocycles. The predicted octanol–water partition coefficient (Wildman–Crippen LogP) is 2.11. The van der Waals surface area contributed by atoms with Crippen molar-refractivity contribution in [3.05, 3.63) is 17.9 Å². The molecule has 0 spiro atoms. The zero-order valence-corrected chi connectivity index (χ0v) is 6.96. The van der Waals surface area contributed by atoms with E-state index < -0.39 is 23.5 Å². The van der Waals surface area contributed by atoms with Gasteiger partial charge in [-0.3, -0.25) is 0 Å². The first kappa shape index (κ1) is 9.54. The summed E-state index contributed by atoms with van der Waals surface area (Å²) in [5.41, 5.74) is -0.440. The van der Waals surface area contributed by atoms with Crippen LogP contribution in [0.3, 0.4) is 0 Å². The lowest BCUT2D eigenvalue weighted by Crippen LogP contribution is -2.25. The van der Waals surface area contributed by atoms with Gasteiger partial charge in [0.1, 0.15) is 5.69 Å². The smallest absolute Gasteiger partial charge is 0.395 e. The van der Waals surface area contributed by atoms with Crippen molar-refractivity contribution in [3.63, 3.8) is 0 Å². The molecule has 1 aliphatic heterocycles. The minimum absolute atomic E-state index is 0.379. The fourth-order valence-corrected chi connectivity index (χ4v) is 1.10. The summed E-state index contributed by atoms with van der Waals surface area (Å²) in [5.74, 6) is -1.80. The van der Waals surface area contributed by atoms with Gasteiger partial charge in [0.05, 0.1) is 0 Å². The topological polar surface area (TPSA) is 47.9 Å². The highest BCUT2D eigenvalue weighted by Gasteiger charge is 2.44. The lowest BCUT2D eigenvalue weighted by Gasteiger charge is -2.04. The van der Waals surface area contributed by atoms with Crippen LogP contribution < -0.4 is 9.47 Å². The largest absolute Gasteiger partial charge is 0.586 e. The maximum absolute atomic E-state index is 13.0. The normalized spacial score (nSPS) is 15.9. The van der Waals surface area contributed by atoms with E-state index in [0.29, 0.717) is 6.07 Å². The first-order valence-corrected chi connectivity index (χ1v) is 3.69. The third kappa shape index (κ3) is 1.64. The Bertz CT molecular complexity index is 468. The molecule has 15 heavy (non-hydrogen) atoms. The van der Waals surface area contributed by atoms with Gasteiger partial charge in [0.25, 0.3) is 0 Å². The maximum Gasteiger partial charge on any atom is 0.586 e.